The molecule has 2 rings (SSSR count). The van der Waals surface area contributed by atoms with Gasteiger partial charge in [-0.05, 0) is 36.8 Å². The van der Waals surface area contributed by atoms with Crippen LogP contribution in [-0.2, 0) is 6.54 Å². The molecule has 0 aliphatic rings. The Balaban J connectivity index is 2.02. The van der Waals surface area contributed by atoms with E-state index in [-0.39, 0.29) is 17.9 Å². The molecular weight excluding hydrogens is 276 g/mol. The monoisotopic (exact) mass is 291 g/mol. The van der Waals surface area contributed by atoms with Crippen molar-refractivity contribution in [3.63, 3.8) is 0 Å². The standard InChI is InChI=1S/C16H15F2NO2/c1-2-21-15-8-7-11(9-14(15)18)10-19-16(20)12-5-3-4-6-13(12)17/h3-9H,2,10H2,1H3,(H,19,20). The van der Waals surface area contributed by atoms with Crippen molar-refractivity contribution in [3.05, 3.63) is 65.2 Å². The quantitative estimate of drug-likeness (QED) is 0.918. The molecule has 1 amide bonds. The van der Waals surface area contributed by atoms with Crippen LogP contribution in [0.2, 0.25) is 0 Å². The average Bonchev–Trinajstić information content (AvgIpc) is 2.48. The van der Waals surface area contributed by atoms with Crippen LogP contribution < -0.4 is 10.1 Å². The summed E-state index contributed by atoms with van der Waals surface area (Å²) in [5.41, 5.74) is 0.532. The number of rotatable bonds is 5. The average molecular weight is 291 g/mol. The zero-order chi connectivity index (χ0) is 15.2. The van der Waals surface area contributed by atoms with Crippen molar-refractivity contribution in [1.82, 2.24) is 5.32 Å². The largest absolute Gasteiger partial charge is 0.491 e. The Morgan fingerprint density at radius 1 is 1.14 bits per heavy atom. The summed E-state index contributed by atoms with van der Waals surface area (Å²) < 4.78 is 32.2. The molecule has 0 heterocycles. The molecule has 0 spiro atoms. The van der Waals surface area contributed by atoms with E-state index in [1.54, 1.807) is 19.1 Å². The van der Waals surface area contributed by atoms with Crippen LogP contribution in [0.15, 0.2) is 42.5 Å². The number of ether oxygens (including phenoxy) is 1. The Morgan fingerprint density at radius 3 is 2.57 bits per heavy atom. The summed E-state index contributed by atoms with van der Waals surface area (Å²) in [4.78, 5) is 11.8. The smallest absolute Gasteiger partial charge is 0.254 e. The summed E-state index contributed by atoms with van der Waals surface area (Å²) in [6.45, 7) is 2.25. The topological polar surface area (TPSA) is 38.3 Å². The van der Waals surface area contributed by atoms with Gasteiger partial charge in [0, 0.05) is 6.54 Å². The van der Waals surface area contributed by atoms with Gasteiger partial charge in [0.2, 0.25) is 0 Å². The van der Waals surface area contributed by atoms with Gasteiger partial charge in [0.05, 0.1) is 12.2 Å². The molecule has 0 fully saturated rings. The fraction of sp³-hybridized carbons (Fsp3) is 0.188. The van der Waals surface area contributed by atoms with Crippen molar-refractivity contribution in [2.75, 3.05) is 6.61 Å². The molecule has 1 N–H and O–H groups in total. The van der Waals surface area contributed by atoms with Crippen LogP contribution in [0, 0.1) is 11.6 Å². The maximum absolute atomic E-state index is 13.7. The molecule has 0 unspecified atom stereocenters. The summed E-state index contributed by atoms with van der Waals surface area (Å²) in [5.74, 6) is -1.45. The van der Waals surface area contributed by atoms with E-state index in [1.807, 2.05) is 0 Å². The Hall–Kier alpha value is -2.43. The maximum atomic E-state index is 13.7. The number of amides is 1. The number of carbonyl (C=O) groups excluding carboxylic acids is 1. The van der Waals surface area contributed by atoms with Crippen LogP contribution >= 0.6 is 0 Å². The number of halogens is 2. The lowest BCUT2D eigenvalue weighted by atomic mass is 10.1. The van der Waals surface area contributed by atoms with Gasteiger partial charge in [0.25, 0.3) is 5.91 Å². The van der Waals surface area contributed by atoms with Gasteiger partial charge < -0.3 is 10.1 Å². The molecule has 110 valence electrons. The van der Waals surface area contributed by atoms with Crippen LogP contribution in [-0.4, -0.2) is 12.5 Å². The van der Waals surface area contributed by atoms with Gasteiger partial charge in [-0.15, -0.1) is 0 Å². The maximum Gasteiger partial charge on any atom is 0.254 e. The summed E-state index contributed by atoms with van der Waals surface area (Å²) in [5, 5.41) is 2.55. The number of nitrogens with one attached hydrogen (secondary N) is 1. The molecule has 0 atom stereocenters. The number of benzene rings is 2. The molecule has 3 nitrogen and oxygen atoms in total. The second-order valence-electron chi connectivity index (χ2n) is 4.36. The van der Waals surface area contributed by atoms with E-state index in [0.29, 0.717) is 12.2 Å². The zero-order valence-corrected chi connectivity index (χ0v) is 11.5. The number of hydrogen-bond donors (Lipinski definition) is 1. The van der Waals surface area contributed by atoms with E-state index in [4.69, 9.17) is 4.74 Å². The fourth-order valence-electron chi connectivity index (χ4n) is 1.85. The Bertz CT molecular complexity index is 644. The molecule has 2 aromatic rings. The van der Waals surface area contributed by atoms with E-state index in [0.717, 1.165) is 0 Å². The highest BCUT2D eigenvalue weighted by Crippen LogP contribution is 2.18. The van der Waals surface area contributed by atoms with Gasteiger partial charge >= 0.3 is 0 Å². The first kappa shape index (κ1) is 15.0. The minimum absolute atomic E-state index is 0.0380. The summed E-state index contributed by atoms with van der Waals surface area (Å²) in [6.07, 6.45) is 0. The highest BCUT2D eigenvalue weighted by atomic mass is 19.1. The van der Waals surface area contributed by atoms with E-state index in [1.165, 1.54) is 30.3 Å². The van der Waals surface area contributed by atoms with E-state index >= 15 is 0 Å². The first-order chi connectivity index (χ1) is 10.1. The lowest BCUT2D eigenvalue weighted by Gasteiger charge is -2.08. The van der Waals surface area contributed by atoms with Crippen molar-refractivity contribution < 1.29 is 18.3 Å². The van der Waals surface area contributed by atoms with Crippen LogP contribution in [0.3, 0.4) is 0 Å². The molecule has 2 aromatic carbocycles. The molecule has 21 heavy (non-hydrogen) atoms. The molecule has 0 saturated carbocycles. The molecule has 0 bridgehead atoms. The Labute approximate surface area is 121 Å². The lowest BCUT2D eigenvalue weighted by Crippen LogP contribution is -2.23. The van der Waals surface area contributed by atoms with Crippen LogP contribution in [0.5, 0.6) is 5.75 Å². The van der Waals surface area contributed by atoms with Gasteiger partial charge in [0.15, 0.2) is 11.6 Å². The zero-order valence-electron chi connectivity index (χ0n) is 11.5. The number of carbonyl (C=O) groups is 1. The second-order valence-corrected chi connectivity index (χ2v) is 4.36. The number of hydrogen-bond acceptors (Lipinski definition) is 2. The molecule has 0 aliphatic carbocycles. The predicted octanol–water partition coefficient (Wildman–Crippen LogP) is 3.29. The van der Waals surface area contributed by atoms with Crippen LogP contribution in [0.25, 0.3) is 0 Å². The van der Waals surface area contributed by atoms with Gasteiger partial charge in [-0.3, -0.25) is 4.79 Å². The highest BCUT2D eigenvalue weighted by molar-refractivity contribution is 5.94. The van der Waals surface area contributed by atoms with Gasteiger partial charge in [-0.25, -0.2) is 8.78 Å². The van der Waals surface area contributed by atoms with E-state index in [9.17, 15) is 13.6 Å². The van der Waals surface area contributed by atoms with E-state index in [2.05, 4.69) is 5.32 Å². The van der Waals surface area contributed by atoms with Crippen molar-refractivity contribution >= 4 is 5.91 Å². The van der Waals surface area contributed by atoms with Crippen LogP contribution in [0.4, 0.5) is 8.78 Å². The second kappa shape index (κ2) is 6.83. The van der Waals surface area contributed by atoms with Crippen LogP contribution in [0.1, 0.15) is 22.8 Å². The van der Waals surface area contributed by atoms with Crippen molar-refractivity contribution in [2.24, 2.45) is 0 Å². The Kier molecular flexibility index (Phi) is 4.87. The summed E-state index contributed by atoms with van der Waals surface area (Å²) in [6, 6.07) is 10.1. The first-order valence-corrected chi connectivity index (χ1v) is 6.55. The molecule has 0 aromatic heterocycles. The van der Waals surface area contributed by atoms with Gasteiger partial charge in [-0.2, -0.15) is 0 Å². The third kappa shape index (κ3) is 3.78. The third-order valence-corrected chi connectivity index (χ3v) is 2.87. The molecule has 5 heteroatoms. The normalized spacial score (nSPS) is 10.2. The minimum atomic E-state index is -0.590. The van der Waals surface area contributed by atoms with Crippen molar-refractivity contribution in [1.29, 1.82) is 0 Å². The van der Waals surface area contributed by atoms with Gasteiger partial charge in [0.1, 0.15) is 5.82 Å². The molecule has 0 aliphatic heterocycles. The lowest BCUT2D eigenvalue weighted by molar-refractivity contribution is 0.0947. The first-order valence-electron chi connectivity index (χ1n) is 6.55. The predicted molar refractivity (Wildman–Crippen MR) is 75.1 cm³/mol. The highest BCUT2D eigenvalue weighted by Gasteiger charge is 2.11. The summed E-state index contributed by atoms with van der Waals surface area (Å²) >= 11 is 0. The summed E-state index contributed by atoms with van der Waals surface area (Å²) in [7, 11) is 0. The van der Waals surface area contributed by atoms with E-state index < -0.39 is 17.5 Å². The Morgan fingerprint density at radius 2 is 1.90 bits per heavy atom. The minimum Gasteiger partial charge on any atom is -0.491 e. The molecule has 0 radical (unpaired) electrons. The van der Waals surface area contributed by atoms with Crippen molar-refractivity contribution in [2.45, 2.75) is 13.5 Å². The van der Waals surface area contributed by atoms with Gasteiger partial charge in [-0.1, -0.05) is 18.2 Å². The molecular formula is C16H15F2NO2. The third-order valence-electron chi connectivity index (χ3n) is 2.87. The van der Waals surface area contributed by atoms with Crippen molar-refractivity contribution in [3.8, 4) is 5.75 Å². The fourth-order valence-corrected chi connectivity index (χ4v) is 1.85. The SMILES string of the molecule is CCOc1ccc(CNC(=O)c2ccccc2F)cc1F. The molecule has 0 saturated heterocycles.